The van der Waals surface area contributed by atoms with Crippen LogP contribution in [0.25, 0.3) is 43.7 Å². The van der Waals surface area contributed by atoms with Crippen LogP contribution in [0.15, 0.2) is 83.6 Å². The number of aromatic hydroxyl groups is 2. The average molecular weight is 429 g/mol. The molecule has 3 aromatic carbocycles. The van der Waals surface area contributed by atoms with Crippen molar-refractivity contribution in [3.8, 4) is 55.2 Å². The van der Waals surface area contributed by atoms with E-state index < -0.39 is 0 Å². The van der Waals surface area contributed by atoms with Crippen LogP contribution in [0.3, 0.4) is 0 Å². The number of benzene rings is 3. The minimum Gasteiger partial charge on any atom is -0.508 e. The summed E-state index contributed by atoms with van der Waals surface area (Å²) in [4.78, 5) is 9.54. The van der Waals surface area contributed by atoms with Crippen LogP contribution in [0.1, 0.15) is 0 Å². The molecular formula is C24H16N2O2S2. The van der Waals surface area contributed by atoms with Gasteiger partial charge >= 0.3 is 0 Å². The summed E-state index contributed by atoms with van der Waals surface area (Å²) in [7, 11) is 0. The summed E-state index contributed by atoms with van der Waals surface area (Å²) in [6.45, 7) is 0. The molecule has 146 valence electrons. The topological polar surface area (TPSA) is 66.2 Å². The van der Waals surface area contributed by atoms with Gasteiger partial charge in [0.25, 0.3) is 0 Å². The minimum absolute atomic E-state index is 0.247. The number of phenols is 2. The molecule has 0 saturated carbocycles. The van der Waals surface area contributed by atoms with E-state index in [2.05, 4.69) is 18.2 Å². The summed E-state index contributed by atoms with van der Waals surface area (Å²) < 4.78 is 0. The Morgan fingerprint density at radius 1 is 0.533 bits per heavy atom. The molecule has 2 heterocycles. The summed E-state index contributed by atoms with van der Waals surface area (Å²) in [6.07, 6.45) is 0. The standard InChI is InChI=1S/C24H16N2O2S2/c27-19-8-4-15(5-9-19)21-13-29-23(25-21)17-2-1-3-18(12-17)24-26-22(14-30-24)16-6-10-20(28)11-7-16/h1-14,27-28H. The van der Waals surface area contributed by atoms with Crippen molar-refractivity contribution in [2.45, 2.75) is 0 Å². The molecule has 0 spiro atoms. The fourth-order valence-corrected chi connectivity index (χ4v) is 4.78. The molecule has 5 aromatic rings. The van der Waals surface area contributed by atoms with Gasteiger partial charge in [0.15, 0.2) is 0 Å². The van der Waals surface area contributed by atoms with Crippen molar-refractivity contribution in [1.29, 1.82) is 0 Å². The van der Waals surface area contributed by atoms with Gasteiger partial charge in [-0.15, -0.1) is 22.7 Å². The minimum atomic E-state index is 0.247. The number of hydrogen-bond donors (Lipinski definition) is 2. The first-order valence-electron chi connectivity index (χ1n) is 9.26. The van der Waals surface area contributed by atoms with Gasteiger partial charge in [-0.2, -0.15) is 0 Å². The van der Waals surface area contributed by atoms with E-state index in [1.807, 2.05) is 41.1 Å². The molecule has 0 radical (unpaired) electrons. The van der Waals surface area contributed by atoms with Crippen LogP contribution >= 0.6 is 22.7 Å². The maximum atomic E-state index is 9.48. The van der Waals surface area contributed by atoms with Gasteiger partial charge in [0.1, 0.15) is 21.5 Å². The molecule has 30 heavy (non-hydrogen) atoms. The molecule has 5 rings (SSSR count). The Kier molecular flexibility index (Phi) is 4.78. The van der Waals surface area contributed by atoms with Gasteiger partial charge in [-0.3, -0.25) is 0 Å². The number of hydrogen-bond acceptors (Lipinski definition) is 6. The molecule has 6 heteroatoms. The van der Waals surface area contributed by atoms with E-state index in [9.17, 15) is 10.2 Å². The Balaban J connectivity index is 1.44. The van der Waals surface area contributed by atoms with Crippen molar-refractivity contribution >= 4 is 22.7 Å². The van der Waals surface area contributed by atoms with Crippen molar-refractivity contribution in [3.63, 3.8) is 0 Å². The SMILES string of the molecule is Oc1ccc(-c2csc(-c3cccc(-c4nc(-c5ccc(O)cc5)cs4)c3)n2)cc1. The van der Waals surface area contributed by atoms with Crippen LogP contribution in [-0.4, -0.2) is 20.2 Å². The third-order valence-electron chi connectivity index (χ3n) is 4.69. The maximum absolute atomic E-state index is 9.48. The van der Waals surface area contributed by atoms with E-state index in [1.54, 1.807) is 46.9 Å². The second kappa shape index (κ2) is 7.74. The molecule has 0 unspecified atom stereocenters. The van der Waals surface area contributed by atoms with E-state index in [0.29, 0.717) is 0 Å². The molecule has 0 fully saturated rings. The number of rotatable bonds is 4. The van der Waals surface area contributed by atoms with E-state index in [0.717, 1.165) is 43.7 Å². The molecule has 2 aromatic heterocycles. The summed E-state index contributed by atoms with van der Waals surface area (Å²) in [5, 5.41) is 24.9. The Morgan fingerprint density at radius 2 is 0.967 bits per heavy atom. The van der Waals surface area contributed by atoms with Crippen LogP contribution in [0.5, 0.6) is 11.5 Å². The summed E-state index contributed by atoms with van der Waals surface area (Å²) in [5.74, 6) is 0.494. The first-order chi connectivity index (χ1) is 14.7. The monoisotopic (exact) mass is 428 g/mol. The number of phenolic OH excluding ortho intramolecular Hbond substituents is 2. The van der Waals surface area contributed by atoms with Gasteiger partial charge in [0.05, 0.1) is 11.4 Å². The van der Waals surface area contributed by atoms with Gasteiger partial charge in [-0.1, -0.05) is 18.2 Å². The van der Waals surface area contributed by atoms with Crippen molar-refractivity contribution in [1.82, 2.24) is 9.97 Å². The summed E-state index contributed by atoms with van der Waals surface area (Å²) in [5.41, 5.74) is 5.83. The van der Waals surface area contributed by atoms with Crippen molar-refractivity contribution < 1.29 is 10.2 Å². The summed E-state index contributed by atoms with van der Waals surface area (Å²) in [6, 6.07) is 22.4. The van der Waals surface area contributed by atoms with Gasteiger partial charge in [0, 0.05) is 33.0 Å². The van der Waals surface area contributed by atoms with E-state index in [4.69, 9.17) is 9.97 Å². The molecule has 0 aliphatic carbocycles. The lowest BCUT2D eigenvalue weighted by atomic mass is 10.1. The predicted octanol–water partition coefficient (Wildman–Crippen LogP) is 6.68. The molecule has 4 nitrogen and oxygen atoms in total. The zero-order valence-corrected chi connectivity index (χ0v) is 17.3. The van der Waals surface area contributed by atoms with Crippen molar-refractivity contribution in [2.75, 3.05) is 0 Å². The van der Waals surface area contributed by atoms with Crippen LogP contribution in [-0.2, 0) is 0 Å². The number of nitrogens with zero attached hydrogens (tertiary/aromatic N) is 2. The Bertz CT molecular complexity index is 1210. The Labute approximate surface area is 181 Å². The van der Waals surface area contributed by atoms with Gasteiger partial charge < -0.3 is 10.2 Å². The normalized spacial score (nSPS) is 10.9. The molecule has 0 atom stereocenters. The van der Waals surface area contributed by atoms with Gasteiger partial charge in [0.2, 0.25) is 0 Å². The third kappa shape index (κ3) is 3.70. The smallest absolute Gasteiger partial charge is 0.124 e. The van der Waals surface area contributed by atoms with Crippen LogP contribution in [0.4, 0.5) is 0 Å². The second-order valence-electron chi connectivity index (χ2n) is 6.75. The fourth-order valence-electron chi connectivity index (χ4n) is 3.13. The van der Waals surface area contributed by atoms with Crippen LogP contribution in [0, 0.1) is 0 Å². The lowest BCUT2D eigenvalue weighted by Crippen LogP contribution is -1.82. The Morgan fingerprint density at radius 3 is 1.40 bits per heavy atom. The van der Waals surface area contributed by atoms with Gasteiger partial charge in [-0.05, 0) is 54.6 Å². The molecule has 0 aliphatic rings. The molecule has 0 bridgehead atoms. The van der Waals surface area contributed by atoms with Crippen LogP contribution in [0.2, 0.25) is 0 Å². The zero-order chi connectivity index (χ0) is 20.5. The number of thiazole rings is 2. The molecular weight excluding hydrogens is 412 g/mol. The highest BCUT2D eigenvalue weighted by Gasteiger charge is 2.11. The van der Waals surface area contributed by atoms with E-state index >= 15 is 0 Å². The van der Waals surface area contributed by atoms with E-state index in [-0.39, 0.29) is 11.5 Å². The first-order valence-corrected chi connectivity index (χ1v) is 11.0. The second-order valence-corrected chi connectivity index (χ2v) is 8.47. The van der Waals surface area contributed by atoms with Crippen molar-refractivity contribution in [3.05, 3.63) is 83.6 Å². The molecule has 0 aliphatic heterocycles. The van der Waals surface area contributed by atoms with Gasteiger partial charge in [-0.25, -0.2) is 9.97 Å². The summed E-state index contributed by atoms with van der Waals surface area (Å²) >= 11 is 3.19. The molecule has 0 saturated heterocycles. The third-order valence-corrected chi connectivity index (χ3v) is 6.47. The predicted molar refractivity (Wildman–Crippen MR) is 123 cm³/mol. The molecule has 0 amide bonds. The highest BCUT2D eigenvalue weighted by molar-refractivity contribution is 7.14. The first kappa shape index (κ1) is 18.5. The average Bonchev–Trinajstić information content (AvgIpc) is 3.45. The lowest BCUT2D eigenvalue weighted by Gasteiger charge is -2.01. The quantitative estimate of drug-likeness (QED) is 0.335. The Hall–Kier alpha value is -3.48. The fraction of sp³-hybridized carbons (Fsp3) is 0. The highest BCUT2D eigenvalue weighted by atomic mass is 32.1. The maximum Gasteiger partial charge on any atom is 0.124 e. The highest BCUT2D eigenvalue weighted by Crippen LogP contribution is 2.34. The number of aromatic nitrogens is 2. The van der Waals surface area contributed by atoms with Crippen molar-refractivity contribution in [2.24, 2.45) is 0 Å². The largest absolute Gasteiger partial charge is 0.508 e. The lowest BCUT2D eigenvalue weighted by molar-refractivity contribution is 0.475. The zero-order valence-electron chi connectivity index (χ0n) is 15.7. The van der Waals surface area contributed by atoms with E-state index in [1.165, 1.54) is 0 Å². The molecule has 2 N–H and O–H groups in total. The van der Waals surface area contributed by atoms with Crippen LogP contribution < -0.4 is 0 Å².